The van der Waals surface area contributed by atoms with E-state index in [1.165, 1.54) is 0 Å². The maximum absolute atomic E-state index is 10.7. The SMILES string of the molecule is NN/N=C(\N)c1c(SN)cccc1-c1ccc(C2(O)CCNC2)cc1. The summed E-state index contributed by atoms with van der Waals surface area (Å²) in [5.41, 5.74) is 11.0. The zero-order chi connectivity index (χ0) is 17.9. The lowest BCUT2D eigenvalue weighted by Crippen LogP contribution is -2.28. The molecular weight excluding hydrogens is 336 g/mol. The van der Waals surface area contributed by atoms with Gasteiger partial charge in [0, 0.05) is 17.0 Å². The number of hydrogen-bond donors (Lipinski definition) is 6. The number of hydrogen-bond acceptors (Lipinski definition) is 7. The molecule has 0 aliphatic carbocycles. The fourth-order valence-electron chi connectivity index (χ4n) is 3.14. The Balaban J connectivity index is 2.03. The molecule has 2 aromatic rings. The van der Waals surface area contributed by atoms with Crippen molar-refractivity contribution in [3.63, 3.8) is 0 Å². The predicted octanol–water partition coefficient (Wildman–Crippen LogP) is 0.584. The van der Waals surface area contributed by atoms with Crippen LogP contribution in [0.4, 0.5) is 0 Å². The Labute approximate surface area is 150 Å². The zero-order valence-electron chi connectivity index (χ0n) is 13.7. The van der Waals surface area contributed by atoms with Gasteiger partial charge in [0.05, 0.1) is 0 Å². The standard InChI is InChI=1S/C17H22N6OS/c18-16(22-23-19)15-13(2-1-3-14(15)25-20)11-4-6-12(7-5-11)17(24)8-9-21-10-17/h1-7,21,23-24H,8-10,19-20H2,(H2,18,22). The van der Waals surface area contributed by atoms with E-state index in [2.05, 4.69) is 16.0 Å². The van der Waals surface area contributed by atoms with Gasteiger partial charge in [-0.05, 0) is 47.7 Å². The zero-order valence-corrected chi connectivity index (χ0v) is 14.5. The van der Waals surface area contributed by atoms with Crippen LogP contribution in [0.1, 0.15) is 17.5 Å². The fraction of sp³-hybridized carbons (Fsp3) is 0.235. The second kappa shape index (κ2) is 7.42. The number of β-amino-alcohol motifs (C(OH)–C–C–N with tert-alkyl or cyclic N) is 1. The Bertz CT molecular complexity index is 771. The summed E-state index contributed by atoms with van der Waals surface area (Å²) in [6, 6.07) is 13.6. The lowest BCUT2D eigenvalue weighted by molar-refractivity contribution is 0.0588. The highest BCUT2D eigenvalue weighted by Crippen LogP contribution is 2.33. The van der Waals surface area contributed by atoms with Gasteiger partial charge in [0.1, 0.15) is 5.60 Å². The van der Waals surface area contributed by atoms with Crippen molar-refractivity contribution in [2.75, 3.05) is 13.1 Å². The number of nitrogens with two attached hydrogens (primary N) is 3. The van der Waals surface area contributed by atoms with Crippen LogP contribution in [0.2, 0.25) is 0 Å². The second-order valence-electron chi connectivity index (χ2n) is 5.96. The first-order chi connectivity index (χ1) is 12.1. The maximum atomic E-state index is 10.7. The van der Waals surface area contributed by atoms with Gasteiger partial charge in [-0.25, -0.2) is 11.4 Å². The van der Waals surface area contributed by atoms with Gasteiger partial charge in [-0.2, -0.15) is 0 Å². The van der Waals surface area contributed by atoms with Crippen molar-refractivity contribution in [2.24, 2.45) is 21.8 Å². The normalized spacial score (nSPS) is 20.7. The molecule has 1 aliphatic heterocycles. The molecule has 1 heterocycles. The van der Waals surface area contributed by atoms with Crippen molar-refractivity contribution >= 4 is 17.8 Å². The first kappa shape index (κ1) is 17.7. The summed E-state index contributed by atoms with van der Waals surface area (Å²) in [4.78, 5) is 0.802. The molecular formula is C17H22N6OS. The van der Waals surface area contributed by atoms with Crippen molar-refractivity contribution in [1.82, 2.24) is 10.9 Å². The maximum Gasteiger partial charge on any atom is 0.153 e. The molecule has 1 aliphatic rings. The Hall–Kier alpha value is -2.10. The van der Waals surface area contributed by atoms with Gasteiger partial charge in [-0.1, -0.05) is 36.4 Å². The Kier molecular flexibility index (Phi) is 5.26. The average molecular weight is 358 g/mol. The summed E-state index contributed by atoms with van der Waals surface area (Å²) in [6.45, 7) is 1.38. The number of amidine groups is 1. The van der Waals surface area contributed by atoms with Crippen LogP contribution in [0.3, 0.4) is 0 Å². The molecule has 0 bridgehead atoms. The molecule has 9 N–H and O–H groups in total. The molecule has 25 heavy (non-hydrogen) atoms. The molecule has 0 saturated carbocycles. The molecule has 0 spiro atoms. The second-order valence-corrected chi connectivity index (χ2v) is 6.63. The number of benzene rings is 2. The Morgan fingerprint density at radius 3 is 2.60 bits per heavy atom. The molecule has 1 atom stereocenters. The average Bonchev–Trinajstić information content (AvgIpc) is 3.09. The van der Waals surface area contributed by atoms with E-state index in [4.69, 9.17) is 16.7 Å². The molecule has 0 amide bonds. The number of aliphatic hydroxyl groups is 1. The van der Waals surface area contributed by atoms with Crippen molar-refractivity contribution in [1.29, 1.82) is 0 Å². The van der Waals surface area contributed by atoms with Crippen LogP contribution < -0.4 is 27.6 Å². The minimum Gasteiger partial charge on any atom is -0.384 e. The third kappa shape index (κ3) is 3.48. The van der Waals surface area contributed by atoms with E-state index in [1.54, 1.807) is 0 Å². The van der Waals surface area contributed by atoms with Gasteiger partial charge in [0.2, 0.25) is 0 Å². The van der Waals surface area contributed by atoms with E-state index in [0.717, 1.165) is 45.6 Å². The minimum absolute atomic E-state index is 0.258. The summed E-state index contributed by atoms with van der Waals surface area (Å²) in [5, 5.41) is 23.5. The van der Waals surface area contributed by atoms with Crippen molar-refractivity contribution < 1.29 is 5.11 Å². The van der Waals surface area contributed by atoms with Crippen LogP contribution >= 0.6 is 11.9 Å². The van der Waals surface area contributed by atoms with E-state index in [0.29, 0.717) is 13.0 Å². The van der Waals surface area contributed by atoms with Gasteiger partial charge in [-0.3, -0.25) is 5.14 Å². The van der Waals surface area contributed by atoms with Crippen LogP contribution in [0.15, 0.2) is 52.5 Å². The summed E-state index contributed by atoms with van der Waals surface area (Å²) in [7, 11) is 0. The van der Waals surface area contributed by atoms with Crippen molar-refractivity contribution in [2.45, 2.75) is 16.9 Å². The summed E-state index contributed by atoms with van der Waals surface area (Å²) in [5.74, 6) is 5.52. The monoisotopic (exact) mass is 358 g/mol. The van der Waals surface area contributed by atoms with Crippen LogP contribution in [0, 0.1) is 0 Å². The van der Waals surface area contributed by atoms with Gasteiger partial charge >= 0.3 is 0 Å². The first-order valence-corrected chi connectivity index (χ1v) is 8.80. The Morgan fingerprint density at radius 2 is 2.00 bits per heavy atom. The van der Waals surface area contributed by atoms with Gasteiger partial charge in [-0.15, -0.1) is 5.10 Å². The molecule has 3 rings (SSSR count). The van der Waals surface area contributed by atoms with Gasteiger partial charge in [0.15, 0.2) is 5.84 Å². The largest absolute Gasteiger partial charge is 0.384 e. The molecule has 1 unspecified atom stereocenters. The highest BCUT2D eigenvalue weighted by atomic mass is 32.2. The topological polar surface area (TPSA) is 135 Å². The lowest BCUT2D eigenvalue weighted by Gasteiger charge is -2.22. The summed E-state index contributed by atoms with van der Waals surface area (Å²) in [6.07, 6.45) is 0.707. The molecule has 0 radical (unpaired) electrons. The number of hydrazone groups is 1. The number of nitrogens with zero attached hydrogens (tertiary/aromatic N) is 1. The van der Waals surface area contributed by atoms with Gasteiger partial charge < -0.3 is 16.2 Å². The van der Waals surface area contributed by atoms with Crippen LogP contribution in [0.5, 0.6) is 0 Å². The quantitative estimate of drug-likeness (QED) is 0.151. The molecule has 1 fully saturated rings. The molecule has 0 aromatic heterocycles. The fourth-order valence-corrected chi connectivity index (χ4v) is 3.63. The summed E-state index contributed by atoms with van der Waals surface area (Å²) < 4.78 is 0. The lowest BCUT2D eigenvalue weighted by atomic mass is 9.90. The van der Waals surface area contributed by atoms with E-state index in [-0.39, 0.29) is 5.84 Å². The smallest absolute Gasteiger partial charge is 0.153 e. The molecule has 8 heteroatoms. The van der Waals surface area contributed by atoms with E-state index >= 15 is 0 Å². The van der Waals surface area contributed by atoms with Crippen molar-refractivity contribution in [3.05, 3.63) is 53.6 Å². The number of hydrazine groups is 1. The molecule has 7 nitrogen and oxygen atoms in total. The van der Waals surface area contributed by atoms with E-state index in [1.807, 2.05) is 42.5 Å². The molecule has 2 aromatic carbocycles. The minimum atomic E-state index is -0.805. The van der Waals surface area contributed by atoms with Gasteiger partial charge in [0.25, 0.3) is 0 Å². The third-order valence-electron chi connectivity index (χ3n) is 4.46. The van der Waals surface area contributed by atoms with Crippen molar-refractivity contribution in [3.8, 4) is 11.1 Å². The highest BCUT2D eigenvalue weighted by Gasteiger charge is 2.32. The first-order valence-electron chi connectivity index (χ1n) is 7.92. The van der Waals surface area contributed by atoms with E-state index in [9.17, 15) is 5.11 Å². The third-order valence-corrected chi connectivity index (χ3v) is 5.05. The van der Waals surface area contributed by atoms with Crippen LogP contribution in [-0.2, 0) is 5.60 Å². The predicted molar refractivity (Wildman–Crippen MR) is 101 cm³/mol. The summed E-state index contributed by atoms with van der Waals surface area (Å²) >= 11 is 1.10. The Morgan fingerprint density at radius 1 is 1.24 bits per heavy atom. The number of nitrogens with one attached hydrogen (secondary N) is 2. The van der Waals surface area contributed by atoms with E-state index < -0.39 is 5.60 Å². The number of rotatable bonds is 5. The highest BCUT2D eigenvalue weighted by molar-refractivity contribution is 7.97. The van der Waals surface area contributed by atoms with Crippen LogP contribution in [-0.4, -0.2) is 24.0 Å². The van der Waals surface area contributed by atoms with Crippen LogP contribution in [0.25, 0.3) is 11.1 Å². The molecule has 132 valence electrons. The molecule has 1 saturated heterocycles.